The second-order valence-corrected chi connectivity index (χ2v) is 9.33. The zero-order chi connectivity index (χ0) is 27.1. The number of hydrogen-bond donors (Lipinski definition) is 1. The van der Waals surface area contributed by atoms with Crippen LogP contribution in [0.5, 0.6) is 17.2 Å². The Morgan fingerprint density at radius 2 is 1.84 bits per heavy atom. The highest BCUT2D eigenvalue weighted by Gasteiger charge is 2.35. The SMILES string of the molecule is CCOc1cc(/C=N/NC(=O)[C@@H]2CC(=O)N(c3ccc(OC)cc3)C2)ccc1OCc1ccc(Cl)c(Cl)c1. The van der Waals surface area contributed by atoms with Crippen molar-refractivity contribution in [2.75, 3.05) is 25.2 Å². The lowest BCUT2D eigenvalue weighted by Gasteiger charge is -2.16. The Kier molecular flexibility index (Phi) is 9.10. The van der Waals surface area contributed by atoms with Gasteiger partial charge in [-0.3, -0.25) is 9.59 Å². The molecular weight excluding hydrogens is 529 g/mol. The average Bonchev–Trinajstić information content (AvgIpc) is 3.32. The van der Waals surface area contributed by atoms with Crippen LogP contribution in [0.2, 0.25) is 10.0 Å². The Hall–Kier alpha value is -3.75. The molecule has 2 amide bonds. The molecule has 0 saturated carbocycles. The molecule has 0 spiro atoms. The summed E-state index contributed by atoms with van der Waals surface area (Å²) in [5.41, 5.74) is 4.84. The molecule has 1 aliphatic rings. The normalized spacial score (nSPS) is 15.1. The summed E-state index contributed by atoms with van der Waals surface area (Å²) in [4.78, 5) is 26.7. The van der Waals surface area contributed by atoms with E-state index in [0.717, 1.165) is 11.3 Å². The number of benzene rings is 3. The van der Waals surface area contributed by atoms with Crippen LogP contribution < -0.4 is 24.5 Å². The Morgan fingerprint density at radius 3 is 2.55 bits per heavy atom. The highest BCUT2D eigenvalue weighted by Crippen LogP contribution is 2.30. The first kappa shape index (κ1) is 27.3. The number of amides is 2. The number of halogens is 2. The lowest BCUT2D eigenvalue weighted by Crippen LogP contribution is -2.30. The molecule has 0 aliphatic carbocycles. The van der Waals surface area contributed by atoms with E-state index in [9.17, 15) is 9.59 Å². The Labute approximate surface area is 231 Å². The van der Waals surface area contributed by atoms with E-state index in [1.54, 1.807) is 66.6 Å². The summed E-state index contributed by atoms with van der Waals surface area (Å²) in [5.74, 6) is 0.858. The van der Waals surface area contributed by atoms with Crippen molar-refractivity contribution >= 4 is 46.9 Å². The molecule has 4 rings (SSSR count). The molecule has 1 saturated heterocycles. The number of hydrazone groups is 1. The van der Waals surface area contributed by atoms with Gasteiger partial charge in [-0.05, 0) is 72.6 Å². The minimum Gasteiger partial charge on any atom is -0.497 e. The van der Waals surface area contributed by atoms with E-state index in [0.29, 0.717) is 39.5 Å². The predicted octanol–water partition coefficient (Wildman–Crippen LogP) is 5.48. The summed E-state index contributed by atoms with van der Waals surface area (Å²) >= 11 is 12.1. The van der Waals surface area contributed by atoms with E-state index < -0.39 is 5.92 Å². The molecule has 1 aliphatic heterocycles. The van der Waals surface area contributed by atoms with Crippen LogP contribution in [0.25, 0.3) is 0 Å². The van der Waals surface area contributed by atoms with Crippen molar-refractivity contribution in [1.29, 1.82) is 0 Å². The molecule has 3 aromatic carbocycles. The fourth-order valence-corrected chi connectivity index (χ4v) is 4.26. The van der Waals surface area contributed by atoms with Crippen molar-refractivity contribution < 1.29 is 23.8 Å². The maximum Gasteiger partial charge on any atom is 0.245 e. The van der Waals surface area contributed by atoms with Gasteiger partial charge in [-0.1, -0.05) is 29.3 Å². The van der Waals surface area contributed by atoms with Gasteiger partial charge in [0.2, 0.25) is 11.8 Å². The third-order valence-electron chi connectivity index (χ3n) is 5.91. The standard InChI is InChI=1S/C28H27Cl2N3O5/c1-3-37-26-13-18(5-11-25(26)38-17-19-4-10-23(29)24(30)12-19)15-31-32-28(35)20-14-27(34)33(16-20)21-6-8-22(36-2)9-7-21/h4-13,15,20H,3,14,16-17H2,1-2H3,(H,32,35)/b31-15+/t20-/m1/s1. The van der Waals surface area contributed by atoms with Crippen molar-refractivity contribution in [2.24, 2.45) is 11.0 Å². The van der Waals surface area contributed by atoms with Gasteiger partial charge in [0.25, 0.3) is 0 Å². The van der Waals surface area contributed by atoms with E-state index in [2.05, 4.69) is 10.5 Å². The smallest absolute Gasteiger partial charge is 0.245 e. The second-order valence-electron chi connectivity index (χ2n) is 8.51. The van der Waals surface area contributed by atoms with Gasteiger partial charge < -0.3 is 19.1 Å². The van der Waals surface area contributed by atoms with Crippen LogP contribution in [0.3, 0.4) is 0 Å². The Bertz CT molecular complexity index is 1330. The Morgan fingerprint density at radius 1 is 1.05 bits per heavy atom. The lowest BCUT2D eigenvalue weighted by molar-refractivity contribution is -0.126. The molecule has 8 nitrogen and oxygen atoms in total. The van der Waals surface area contributed by atoms with Crippen molar-refractivity contribution in [3.05, 3.63) is 81.8 Å². The van der Waals surface area contributed by atoms with E-state index in [1.165, 1.54) is 6.21 Å². The molecule has 1 N–H and O–H groups in total. The molecule has 0 aromatic heterocycles. The number of anilines is 1. The molecule has 1 atom stereocenters. The van der Waals surface area contributed by atoms with E-state index in [1.807, 2.05) is 13.0 Å². The molecule has 0 radical (unpaired) electrons. The third-order valence-corrected chi connectivity index (χ3v) is 6.65. The summed E-state index contributed by atoms with van der Waals surface area (Å²) < 4.78 is 16.8. The van der Waals surface area contributed by atoms with Gasteiger partial charge in [0, 0.05) is 18.7 Å². The molecule has 1 fully saturated rings. The number of carbonyl (C=O) groups excluding carboxylic acids is 2. The number of nitrogens with one attached hydrogen (secondary N) is 1. The number of methoxy groups -OCH3 is 1. The molecule has 198 valence electrons. The van der Waals surface area contributed by atoms with E-state index in [4.69, 9.17) is 37.4 Å². The molecule has 10 heteroatoms. The predicted molar refractivity (Wildman–Crippen MR) is 148 cm³/mol. The monoisotopic (exact) mass is 555 g/mol. The van der Waals surface area contributed by atoms with Crippen LogP contribution in [0.1, 0.15) is 24.5 Å². The van der Waals surface area contributed by atoms with Gasteiger partial charge in [0.05, 0.1) is 35.9 Å². The topological polar surface area (TPSA) is 89.5 Å². The van der Waals surface area contributed by atoms with Gasteiger partial charge in [0.15, 0.2) is 11.5 Å². The van der Waals surface area contributed by atoms with E-state index in [-0.39, 0.29) is 31.4 Å². The van der Waals surface area contributed by atoms with Gasteiger partial charge in [-0.25, -0.2) is 5.43 Å². The highest BCUT2D eigenvalue weighted by molar-refractivity contribution is 6.42. The molecule has 38 heavy (non-hydrogen) atoms. The maximum absolute atomic E-state index is 12.7. The minimum absolute atomic E-state index is 0.114. The van der Waals surface area contributed by atoms with Gasteiger partial charge in [-0.15, -0.1) is 0 Å². The summed E-state index contributed by atoms with van der Waals surface area (Å²) in [6, 6.07) is 17.8. The number of ether oxygens (including phenoxy) is 3. The summed E-state index contributed by atoms with van der Waals surface area (Å²) in [6.45, 7) is 2.89. The van der Waals surface area contributed by atoms with Gasteiger partial charge in [0.1, 0.15) is 12.4 Å². The average molecular weight is 556 g/mol. The number of hydrogen-bond acceptors (Lipinski definition) is 6. The maximum atomic E-state index is 12.7. The molecule has 3 aromatic rings. The van der Waals surface area contributed by atoms with Gasteiger partial charge >= 0.3 is 0 Å². The highest BCUT2D eigenvalue weighted by atomic mass is 35.5. The lowest BCUT2D eigenvalue weighted by atomic mass is 10.1. The van der Waals surface area contributed by atoms with Crippen LogP contribution in [0, 0.1) is 5.92 Å². The quantitative estimate of drug-likeness (QED) is 0.264. The Balaban J connectivity index is 1.35. The second kappa shape index (κ2) is 12.7. The van der Waals surface area contributed by atoms with Crippen LogP contribution in [0.15, 0.2) is 65.8 Å². The molecule has 0 unspecified atom stereocenters. The van der Waals surface area contributed by atoms with Crippen molar-refractivity contribution in [1.82, 2.24) is 5.43 Å². The summed E-state index contributed by atoms with van der Waals surface area (Å²) in [6.07, 6.45) is 1.63. The van der Waals surface area contributed by atoms with Gasteiger partial charge in [-0.2, -0.15) is 5.10 Å². The first-order chi connectivity index (χ1) is 18.4. The summed E-state index contributed by atoms with van der Waals surface area (Å²) in [7, 11) is 1.58. The molecule has 0 bridgehead atoms. The third kappa shape index (κ3) is 6.76. The zero-order valence-electron chi connectivity index (χ0n) is 20.9. The largest absolute Gasteiger partial charge is 0.497 e. The summed E-state index contributed by atoms with van der Waals surface area (Å²) in [5, 5.41) is 5.02. The molecule has 1 heterocycles. The van der Waals surface area contributed by atoms with Crippen molar-refractivity contribution in [3.8, 4) is 17.2 Å². The number of nitrogens with zero attached hydrogens (tertiary/aromatic N) is 2. The van der Waals surface area contributed by atoms with E-state index >= 15 is 0 Å². The van der Waals surface area contributed by atoms with Crippen molar-refractivity contribution in [3.63, 3.8) is 0 Å². The van der Waals surface area contributed by atoms with Crippen molar-refractivity contribution in [2.45, 2.75) is 20.0 Å². The van der Waals surface area contributed by atoms with Crippen LogP contribution in [-0.4, -0.2) is 38.3 Å². The van der Waals surface area contributed by atoms with Crippen LogP contribution >= 0.6 is 23.2 Å². The first-order valence-electron chi connectivity index (χ1n) is 12.0. The fourth-order valence-electron chi connectivity index (χ4n) is 3.94. The number of carbonyl (C=O) groups is 2. The van der Waals surface area contributed by atoms with Crippen LogP contribution in [0.4, 0.5) is 5.69 Å². The van der Waals surface area contributed by atoms with Crippen LogP contribution in [-0.2, 0) is 16.2 Å². The minimum atomic E-state index is -0.502. The molecular formula is C28H27Cl2N3O5. The number of rotatable bonds is 10. The zero-order valence-corrected chi connectivity index (χ0v) is 22.5. The first-order valence-corrected chi connectivity index (χ1v) is 12.7. The fraction of sp³-hybridized carbons (Fsp3) is 0.250.